The smallest absolute Gasteiger partial charge is 0.423 e. The Kier molecular flexibility index (Phi) is 3.93. The highest BCUT2D eigenvalue weighted by molar-refractivity contribution is 9.08. The van der Waals surface area contributed by atoms with E-state index >= 15 is 0 Å². The number of hydrogen-bond acceptors (Lipinski definition) is 3. The maximum Gasteiger partial charge on any atom is 0.488 e. The lowest BCUT2D eigenvalue weighted by Gasteiger charge is -2.10. The van der Waals surface area contributed by atoms with Gasteiger partial charge in [0.15, 0.2) is 0 Å². The van der Waals surface area contributed by atoms with Crippen LogP contribution in [0.25, 0.3) is 0 Å². The second-order valence-corrected chi connectivity index (χ2v) is 3.21. The first kappa shape index (κ1) is 10.7. The molecule has 1 rings (SSSR count). The summed E-state index contributed by atoms with van der Waals surface area (Å²) in [5, 5.41) is 27.6. The van der Waals surface area contributed by atoms with E-state index in [1.165, 1.54) is 0 Å². The molecule has 3 N–H and O–H groups in total. The van der Waals surface area contributed by atoms with Crippen LogP contribution < -0.4 is 5.46 Å². The number of hydrogen-bond donors (Lipinski definition) is 3. The number of aliphatic hydroxyl groups is 1. The lowest BCUT2D eigenvalue weighted by atomic mass is 9.76. The van der Waals surface area contributed by atoms with Crippen LogP contribution in [0.15, 0.2) is 18.2 Å². The minimum absolute atomic E-state index is 0.186. The van der Waals surface area contributed by atoms with Gasteiger partial charge in [-0.25, -0.2) is 0 Å². The van der Waals surface area contributed by atoms with Crippen molar-refractivity contribution in [2.45, 2.75) is 11.9 Å². The molecule has 0 saturated heterocycles. The molecule has 3 nitrogen and oxygen atoms in total. The maximum absolute atomic E-state index is 9.04. The van der Waals surface area contributed by atoms with Crippen LogP contribution in [0.1, 0.15) is 11.1 Å². The fourth-order valence-corrected chi connectivity index (χ4v) is 1.74. The summed E-state index contributed by atoms with van der Waals surface area (Å²) in [5.74, 6) is 0. The predicted molar refractivity (Wildman–Crippen MR) is 54.8 cm³/mol. The van der Waals surface area contributed by atoms with Crippen LogP contribution in [-0.4, -0.2) is 22.3 Å². The molecule has 0 saturated carbocycles. The average molecular weight is 245 g/mol. The molecule has 0 unspecified atom stereocenters. The van der Waals surface area contributed by atoms with Gasteiger partial charge in [-0.1, -0.05) is 34.1 Å². The summed E-state index contributed by atoms with van der Waals surface area (Å²) in [6, 6.07) is 5.14. The topological polar surface area (TPSA) is 60.7 Å². The molecule has 0 atom stereocenters. The fourth-order valence-electron chi connectivity index (χ4n) is 1.21. The van der Waals surface area contributed by atoms with Crippen molar-refractivity contribution in [1.29, 1.82) is 0 Å². The van der Waals surface area contributed by atoms with Gasteiger partial charge in [0.1, 0.15) is 0 Å². The first-order chi connectivity index (χ1) is 6.20. The highest BCUT2D eigenvalue weighted by atomic mass is 79.9. The fraction of sp³-hybridized carbons (Fsp3) is 0.250. The van der Waals surface area contributed by atoms with E-state index in [0.717, 1.165) is 5.56 Å². The number of benzene rings is 1. The Bertz CT molecular complexity index is 291. The minimum Gasteiger partial charge on any atom is -0.423 e. The largest absolute Gasteiger partial charge is 0.488 e. The summed E-state index contributed by atoms with van der Waals surface area (Å²) < 4.78 is 0. The lowest BCUT2D eigenvalue weighted by Crippen LogP contribution is -2.33. The standard InChI is InChI=1S/C8H10BBrO3/c10-4-6-2-1-3-8(9(12)13)7(6)5-11/h1-3,11-13H,4-5H2. The van der Waals surface area contributed by atoms with Gasteiger partial charge < -0.3 is 15.2 Å². The Morgan fingerprint density at radius 2 is 2.00 bits per heavy atom. The third kappa shape index (κ3) is 2.31. The molecule has 0 spiro atoms. The summed E-state index contributed by atoms with van der Waals surface area (Å²) in [6.45, 7) is -0.186. The van der Waals surface area contributed by atoms with Crippen molar-refractivity contribution in [2.75, 3.05) is 0 Å². The summed E-state index contributed by atoms with van der Waals surface area (Å²) in [5.41, 5.74) is 1.81. The van der Waals surface area contributed by atoms with E-state index in [-0.39, 0.29) is 6.61 Å². The molecular weight excluding hydrogens is 235 g/mol. The van der Waals surface area contributed by atoms with Crippen LogP contribution in [0.2, 0.25) is 0 Å². The van der Waals surface area contributed by atoms with E-state index < -0.39 is 7.12 Å². The van der Waals surface area contributed by atoms with E-state index in [0.29, 0.717) is 16.4 Å². The molecule has 0 fully saturated rings. The SMILES string of the molecule is OCc1c(CBr)cccc1B(O)O. The van der Waals surface area contributed by atoms with Crippen molar-refractivity contribution in [3.8, 4) is 0 Å². The van der Waals surface area contributed by atoms with Crippen molar-refractivity contribution < 1.29 is 15.2 Å². The Morgan fingerprint density at radius 1 is 1.31 bits per heavy atom. The molecular formula is C8H10BBrO3. The maximum atomic E-state index is 9.04. The molecule has 0 heterocycles. The zero-order valence-electron chi connectivity index (χ0n) is 6.94. The monoisotopic (exact) mass is 244 g/mol. The van der Waals surface area contributed by atoms with Crippen LogP contribution >= 0.6 is 15.9 Å². The lowest BCUT2D eigenvalue weighted by molar-refractivity contribution is 0.281. The van der Waals surface area contributed by atoms with E-state index in [4.69, 9.17) is 15.2 Å². The molecule has 0 aliphatic carbocycles. The van der Waals surface area contributed by atoms with Gasteiger partial charge in [-0.3, -0.25) is 0 Å². The van der Waals surface area contributed by atoms with Gasteiger partial charge in [0.2, 0.25) is 0 Å². The van der Waals surface area contributed by atoms with Crippen LogP contribution in [0.3, 0.4) is 0 Å². The van der Waals surface area contributed by atoms with Crippen molar-refractivity contribution >= 4 is 28.5 Å². The van der Waals surface area contributed by atoms with E-state index in [2.05, 4.69) is 15.9 Å². The molecule has 70 valence electrons. The molecule has 0 amide bonds. The molecule has 5 heteroatoms. The quantitative estimate of drug-likeness (QED) is 0.508. The zero-order valence-corrected chi connectivity index (χ0v) is 8.53. The molecule has 13 heavy (non-hydrogen) atoms. The molecule has 0 bridgehead atoms. The second kappa shape index (κ2) is 4.76. The normalized spacial score (nSPS) is 10.2. The van der Waals surface area contributed by atoms with Crippen molar-refractivity contribution in [1.82, 2.24) is 0 Å². The van der Waals surface area contributed by atoms with Crippen molar-refractivity contribution in [3.05, 3.63) is 29.3 Å². The van der Waals surface area contributed by atoms with Gasteiger partial charge in [-0.15, -0.1) is 0 Å². The molecule has 0 aromatic heterocycles. The molecule has 0 aliphatic rings. The third-order valence-corrected chi connectivity index (χ3v) is 2.49. The van der Waals surface area contributed by atoms with Crippen molar-refractivity contribution in [3.63, 3.8) is 0 Å². The van der Waals surface area contributed by atoms with Crippen molar-refractivity contribution in [2.24, 2.45) is 0 Å². The molecule has 0 radical (unpaired) electrons. The average Bonchev–Trinajstić information content (AvgIpc) is 2.16. The minimum atomic E-state index is -1.53. The van der Waals surface area contributed by atoms with Gasteiger partial charge in [0, 0.05) is 5.33 Å². The second-order valence-electron chi connectivity index (χ2n) is 2.65. The number of rotatable bonds is 3. The van der Waals surface area contributed by atoms with Crippen LogP contribution in [-0.2, 0) is 11.9 Å². The first-order valence-corrected chi connectivity index (χ1v) is 4.96. The van der Waals surface area contributed by atoms with Gasteiger partial charge in [0.25, 0.3) is 0 Å². The number of alkyl halides is 1. The predicted octanol–water partition coefficient (Wildman–Crippen LogP) is -0.246. The highest BCUT2D eigenvalue weighted by Crippen LogP contribution is 2.10. The first-order valence-electron chi connectivity index (χ1n) is 3.84. The summed E-state index contributed by atoms with van der Waals surface area (Å²) >= 11 is 3.26. The molecule has 0 aliphatic heterocycles. The van der Waals surface area contributed by atoms with Gasteiger partial charge in [-0.2, -0.15) is 0 Å². The number of halogens is 1. The van der Waals surface area contributed by atoms with E-state index in [1.807, 2.05) is 6.07 Å². The Morgan fingerprint density at radius 3 is 2.46 bits per heavy atom. The van der Waals surface area contributed by atoms with E-state index in [1.54, 1.807) is 12.1 Å². The Hall–Kier alpha value is -0.355. The van der Waals surface area contributed by atoms with Crippen LogP contribution in [0.4, 0.5) is 0 Å². The summed E-state index contributed by atoms with van der Waals surface area (Å²) in [6.07, 6.45) is 0. The molecule has 1 aromatic rings. The summed E-state index contributed by atoms with van der Waals surface area (Å²) in [7, 11) is -1.53. The van der Waals surface area contributed by atoms with Gasteiger partial charge in [0.05, 0.1) is 6.61 Å². The van der Waals surface area contributed by atoms with Gasteiger partial charge in [-0.05, 0) is 16.6 Å². The van der Waals surface area contributed by atoms with Crippen LogP contribution in [0.5, 0.6) is 0 Å². The highest BCUT2D eigenvalue weighted by Gasteiger charge is 2.16. The third-order valence-electron chi connectivity index (χ3n) is 1.89. The Labute approximate surface area is 85.3 Å². The summed E-state index contributed by atoms with van der Waals surface area (Å²) in [4.78, 5) is 0. The zero-order chi connectivity index (χ0) is 9.84. The van der Waals surface area contributed by atoms with E-state index in [9.17, 15) is 0 Å². The van der Waals surface area contributed by atoms with Crippen LogP contribution in [0, 0.1) is 0 Å². The number of aliphatic hydroxyl groups excluding tert-OH is 1. The molecule has 1 aromatic carbocycles. The van der Waals surface area contributed by atoms with Gasteiger partial charge >= 0.3 is 7.12 Å². The Balaban J connectivity index is 3.19.